The Morgan fingerprint density at radius 2 is 2.05 bits per heavy atom. The van der Waals surface area contributed by atoms with Gasteiger partial charge in [0.05, 0.1) is 0 Å². The molecule has 1 aromatic heterocycles. The molecule has 0 radical (unpaired) electrons. The van der Waals surface area contributed by atoms with Crippen molar-refractivity contribution in [3.63, 3.8) is 0 Å². The molecule has 0 aliphatic carbocycles. The number of nitrogens with two attached hydrogens (primary N) is 1. The van der Waals surface area contributed by atoms with E-state index in [1.54, 1.807) is 6.07 Å². The summed E-state index contributed by atoms with van der Waals surface area (Å²) in [5.41, 5.74) is 6.55. The normalized spacial score (nSPS) is 10.8. The summed E-state index contributed by atoms with van der Waals surface area (Å²) in [6.45, 7) is 4.51. The third-order valence-corrected chi connectivity index (χ3v) is 3.26. The fourth-order valence-electron chi connectivity index (χ4n) is 2.20. The van der Waals surface area contributed by atoms with Crippen molar-refractivity contribution in [3.05, 3.63) is 45.9 Å². The van der Waals surface area contributed by atoms with Crippen LogP contribution >= 0.6 is 0 Å². The number of fused-ring (bicyclic) bond motifs is 1. The molecule has 2 N–H and O–H groups in total. The molecule has 1 amide bonds. The summed E-state index contributed by atoms with van der Waals surface area (Å²) in [6.07, 6.45) is 1.80. The first-order valence-electron chi connectivity index (χ1n) is 6.48. The number of rotatable bonds is 4. The Bertz CT molecular complexity index is 686. The Kier molecular flexibility index (Phi) is 3.69. The summed E-state index contributed by atoms with van der Waals surface area (Å²) in [5, 5.41) is 1.40. The van der Waals surface area contributed by atoms with Crippen molar-refractivity contribution < 1.29 is 4.79 Å². The van der Waals surface area contributed by atoms with Gasteiger partial charge in [0.25, 0.3) is 11.5 Å². The number of carbonyl (C=O) groups is 1. The van der Waals surface area contributed by atoms with E-state index < -0.39 is 5.91 Å². The molecule has 4 nitrogen and oxygen atoms in total. The van der Waals surface area contributed by atoms with E-state index in [1.165, 1.54) is 4.57 Å². The van der Waals surface area contributed by atoms with Crippen LogP contribution in [0.15, 0.2) is 29.1 Å². The first kappa shape index (κ1) is 13.3. The molecular formula is C15H18N2O2. The van der Waals surface area contributed by atoms with Crippen LogP contribution in [0.2, 0.25) is 0 Å². The lowest BCUT2D eigenvalue weighted by Crippen LogP contribution is -2.29. The smallest absolute Gasteiger partial charge is 0.265 e. The van der Waals surface area contributed by atoms with E-state index >= 15 is 0 Å². The summed E-state index contributed by atoms with van der Waals surface area (Å²) in [6, 6.07) is 7.32. The van der Waals surface area contributed by atoms with Crippen LogP contribution in [-0.2, 0) is 6.54 Å². The molecular weight excluding hydrogens is 240 g/mol. The molecule has 0 unspecified atom stereocenters. The number of unbranched alkanes of at least 4 members (excludes halogenated alkanes) is 1. The van der Waals surface area contributed by atoms with Gasteiger partial charge >= 0.3 is 0 Å². The lowest BCUT2D eigenvalue weighted by atomic mass is 10.1. The molecule has 19 heavy (non-hydrogen) atoms. The van der Waals surface area contributed by atoms with Gasteiger partial charge in [-0.2, -0.15) is 0 Å². The van der Waals surface area contributed by atoms with E-state index in [0.29, 0.717) is 11.9 Å². The van der Waals surface area contributed by atoms with Crippen LogP contribution in [0.25, 0.3) is 10.8 Å². The maximum atomic E-state index is 12.5. The fourth-order valence-corrected chi connectivity index (χ4v) is 2.20. The average molecular weight is 258 g/mol. The van der Waals surface area contributed by atoms with Crippen LogP contribution in [0, 0.1) is 6.92 Å². The van der Waals surface area contributed by atoms with Gasteiger partial charge in [-0.3, -0.25) is 9.59 Å². The number of benzene rings is 1. The summed E-state index contributed by atoms with van der Waals surface area (Å²) >= 11 is 0. The van der Waals surface area contributed by atoms with E-state index in [0.717, 1.165) is 23.8 Å². The van der Waals surface area contributed by atoms with E-state index in [2.05, 4.69) is 0 Å². The van der Waals surface area contributed by atoms with Crippen LogP contribution in [0.4, 0.5) is 0 Å². The minimum absolute atomic E-state index is 0.136. The first-order valence-corrected chi connectivity index (χ1v) is 6.48. The molecule has 100 valence electrons. The van der Waals surface area contributed by atoms with Crippen molar-refractivity contribution in [2.75, 3.05) is 0 Å². The van der Waals surface area contributed by atoms with Crippen molar-refractivity contribution >= 4 is 16.7 Å². The summed E-state index contributed by atoms with van der Waals surface area (Å²) < 4.78 is 1.49. The van der Waals surface area contributed by atoms with Gasteiger partial charge in [0.1, 0.15) is 5.69 Å². The number of carbonyl (C=O) groups excluding carboxylic acids is 1. The van der Waals surface area contributed by atoms with E-state index in [-0.39, 0.29) is 11.3 Å². The van der Waals surface area contributed by atoms with Crippen LogP contribution in [0.1, 0.15) is 35.8 Å². The van der Waals surface area contributed by atoms with Gasteiger partial charge in [0.15, 0.2) is 0 Å². The highest BCUT2D eigenvalue weighted by Gasteiger charge is 2.12. The number of primary amides is 1. The molecule has 2 rings (SSSR count). The molecule has 0 aliphatic rings. The molecule has 2 aromatic rings. The van der Waals surface area contributed by atoms with E-state index in [9.17, 15) is 9.59 Å². The fraction of sp³-hybridized carbons (Fsp3) is 0.333. The number of nitrogens with zero attached hydrogens (tertiary/aromatic N) is 1. The highest BCUT2D eigenvalue weighted by Crippen LogP contribution is 2.14. The predicted octanol–water partition coefficient (Wildman–Crippen LogP) is 2.21. The zero-order valence-corrected chi connectivity index (χ0v) is 11.3. The molecule has 0 bridgehead atoms. The molecule has 0 atom stereocenters. The van der Waals surface area contributed by atoms with Crippen molar-refractivity contribution in [1.82, 2.24) is 4.57 Å². The third-order valence-electron chi connectivity index (χ3n) is 3.26. The lowest BCUT2D eigenvalue weighted by Gasteiger charge is -2.12. The largest absolute Gasteiger partial charge is 0.364 e. The van der Waals surface area contributed by atoms with Gasteiger partial charge in [-0.1, -0.05) is 31.0 Å². The number of amides is 1. The van der Waals surface area contributed by atoms with Gasteiger partial charge < -0.3 is 10.3 Å². The maximum absolute atomic E-state index is 12.5. The molecule has 1 heterocycles. The average Bonchev–Trinajstić information content (AvgIpc) is 2.38. The Balaban J connectivity index is 2.74. The molecule has 4 heteroatoms. The standard InChI is InChI=1S/C15H18N2O2/c1-3-4-7-17-13(14(16)18)9-11-6-5-10(2)8-12(11)15(17)19/h5-6,8-9H,3-4,7H2,1-2H3,(H2,16,18). The monoisotopic (exact) mass is 258 g/mol. The Morgan fingerprint density at radius 1 is 1.32 bits per heavy atom. The zero-order chi connectivity index (χ0) is 14.0. The quantitative estimate of drug-likeness (QED) is 0.913. The molecule has 0 fully saturated rings. The second-order valence-electron chi connectivity index (χ2n) is 4.79. The van der Waals surface area contributed by atoms with Crippen LogP contribution < -0.4 is 11.3 Å². The second kappa shape index (κ2) is 5.26. The van der Waals surface area contributed by atoms with Crippen LogP contribution in [-0.4, -0.2) is 10.5 Å². The first-order chi connectivity index (χ1) is 9.04. The van der Waals surface area contributed by atoms with Crippen molar-refractivity contribution in [1.29, 1.82) is 0 Å². The highest BCUT2D eigenvalue weighted by molar-refractivity contribution is 5.95. The maximum Gasteiger partial charge on any atom is 0.265 e. The minimum Gasteiger partial charge on any atom is -0.364 e. The summed E-state index contributed by atoms with van der Waals surface area (Å²) in [4.78, 5) is 24.0. The second-order valence-corrected chi connectivity index (χ2v) is 4.79. The number of aryl methyl sites for hydroxylation is 1. The number of hydrogen-bond acceptors (Lipinski definition) is 2. The number of hydrogen-bond donors (Lipinski definition) is 1. The number of pyridine rings is 1. The molecule has 0 saturated carbocycles. The summed E-state index contributed by atoms with van der Waals surface area (Å²) in [7, 11) is 0. The van der Waals surface area contributed by atoms with Crippen LogP contribution in [0.3, 0.4) is 0 Å². The van der Waals surface area contributed by atoms with Gasteiger partial charge in [-0.15, -0.1) is 0 Å². The van der Waals surface area contributed by atoms with Crippen molar-refractivity contribution in [2.45, 2.75) is 33.2 Å². The highest BCUT2D eigenvalue weighted by atomic mass is 16.2. The lowest BCUT2D eigenvalue weighted by molar-refractivity contribution is 0.0990. The van der Waals surface area contributed by atoms with Gasteiger partial charge in [0, 0.05) is 11.9 Å². The molecule has 0 saturated heterocycles. The van der Waals surface area contributed by atoms with Gasteiger partial charge in [-0.05, 0) is 30.9 Å². The summed E-state index contributed by atoms with van der Waals surface area (Å²) in [5.74, 6) is -0.560. The van der Waals surface area contributed by atoms with Gasteiger partial charge in [-0.25, -0.2) is 0 Å². The number of aromatic nitrogens is 1. The Hall–Kier alpha value is -2.10. The molecule has 0 spiro atoms. The third kappa shape index (κ3) is 2.52. The predicted molar refractivity (Wildman–Crippen MR) is 76.4 cm³/mol. The van der Waals surface area contributed by atoms with E-state index in [4.69, 9.17) is 5.73 Å². The van der Waals surface area contributed by atoms with Crippen LogP contribution in [0.5, 0.6) is 0 Å². The van der Waals surface area contributed by atoms with Gasteiger partial charge in [0.2, 0.25) is 0 Å². The molecule has 1 aromatic carbocycles. The topological polar surface area (TPSA) is 65.1 Å². The Morgan fingerprint density at radius 3 is 2.68 bits per heavy atom. The SMILES string of the molecule is CCCCn1c(C(N)=O)cc2ccc(C)cc2c1=O. The van der Waals surface area contributed by atoms with E-state index in [1.807, 2.05) is 32.0 Å². The molecule has 0 aliphatic heterocycles. The van der Waals surface area contributed by atoms with Crippen molar-refractivity contribution in [3.8, 4) is 0 Å². The zero-order valence-electron chi connectivity index (χ0n) is 11.3. The van der Waals surface area contributed by atoms with Crippen molar-refractivity contribution in [2.24, 2.45) is 5.73 Å². The minimum atomic E-state index is -0.560. The Labute approximate surface area is 111 Å².